The molecule has 188 valence electrons. The summed E-state index contributed by atoms with van der Waals surface area (Å²) in [7, 11) is 0. The molecule has 11 heteroatoms. The fourth-order valence-corrected chi connectivity index (χ4v) is 5.60. The molecule has 6 rings (SSSR count). The molecule has 36 heavy (non-hydrogen) atoms. The lowest BCUT2D eigenvalue weighted by atomic mass is 10.1. The number of piperazine rings is 1. The molecule has 2 unspecified atom stereocenters. The average Bonchev–Trinajstić information content (AvgIpc) is 3.25. The largest absolute Gasteiger partial charge is 0.383 e. The average molecular weight is 505 g/mol. The maximum atomic E-state index is 6.60. The van der Waals surface area contributed by atoms with E-state index in [2.05, 4.69) is 25.3 Å². The first kappa shape index (κ1) is 23.3. The highest BCUT2D eigenvalue weighted by Gasteiger charge is 2.41. The molecule has 2 aliphatic heterocycles. The molecule has 2 fully saturated rings. The first-order valence-electron chi connectivity index (χ1n) is 12.5. The first-order chi connectivity index (χ1) is 17.7. The Morgan fingerprint density at radius 2 is 2.03 bits per heavy atom. The van der Waals surface area contributed by atoms with Crippen LogP contribution in [0.2, 0.25) is 0 Å². The summed E-state index contributed by atoms with van der Waals surface area (Å²) in [5.41, 5.74) is 17.0. The van der Waals surface area contributed by atoms with Crippen LogP contribution < -0.4 is 11.5 Å². The molecule has 0 radical (unpaired) electrons. The van der Waals surface area contributed by atoms with Crippen LogP contribution in [0.25, 0.3) is 16.7 Å². The number of thiophene rings is 1. The van der Waals surface area contributed by atoms with Gasteiger partial charge in [-0.05, 0) is 23.6 Å². The Balaban J connectivity index is 1.21. The third kappa shape index (κ3) is 4.80. The molecule has 1 aromatic carbocycles. The quantitative estimate of drug-likeness (QED) is 0.235. The van der Waals surface area contributed by atoms with E-state index in [1.807, 2.05) is 40.3 Å². The van der Waals surface area contributed by atoms with Gasteiger partial charge in [-0.2, -0.15) is 11.3 Å². The van der Waals surface area contributed by atoms with E-state index in [1.54, 1.807) is 17.7 Å². The van der Waals surface area contributed by atoms with E-state index >= 15 is 0 Å². The van der Waals surface area contributed by atoms with E-state index in [-0.39, 0.29) is 0 Å². The van der Waals surface area contributed by atoms with Gasteiger partial charge in [-0.15, -0.1) is 0 Å². The van der Waals surface area contributed by atoms with Gasteiger partial charge in [0.1, 0.15) is 23.7 Å². The smallest absolute Gasteiger partial charge is 0.137 e. The molecule has 5 N–H and O–H groups in total. The van der Waals surface area contributed by atoms with Crippen molar-refractivity contribution in [2.24, 2.45) is 10.7 Å². The van der Waals surface area contributed by atoms with Crippen molar-refractivity contribution in [1.82, 2.24) is 34.4 Å². The summed E-state index contributed by atoms with van der Waals surface area (Å²) >= 11 is 1.64. The molecule has 0 saturated carbocycles. The molecule has 10 nitrogen and oxygen atoms in total. The topological polar surface area (TPSA) is 120 Å². The molecular formula is C25H32N10S. The minimum absolute atomic E-state index is 0.408. The number of imidazole rings is 2. The van der Waals surface area contributed by atoms with E-state index < -0.39 is 0 Å². The molecule has 0 amide bonds. The molecule has 5 heterocycles. The van der Waals surface area contributed by atoms with E-state index in [9.17, 15) is 0 Å². The molecule has 0 bridgehead atoms. The van der Waals surface area contributed by atoms with Gasteiger partial charge < -0.3 is 16.5 Å². The van der Waals surface area contributed by atoms with Crippen molar-refractivity contribution in [2.45, 2.75) is 19.0 Å². The van der Waals surface area contributed by atoms with Crippen molar-refractivity contribution < 1.29 is 0 Å². The summed E-state index contributed by atoms with van der Waals surface area (Å²) < 4.78 is 1.93. The van der Waals surface area contributed by atoms with Gasteiger partial charge >= 0.3 is 0 Å². The number of rotatable bonds is 9. The number of H-pyrrole nitrogens is 1. The Morgan fingerprint density at radius 3 is 2.81 bits per heavy atom. The SMILES string of the molecule is NCCN1CCN(N2CC2CC(=NCc2nc3ccccc3[nH]2)c2ncn(-c3ccsc3)c2N)CC1. The number of fused-ring (bicyclic) bond motifs is 1. The van der Waals surface area contributed by atoms with Crippen LogP contribution >= 0.6 is 11.3 Å². The normalized spacial score (nSPS) is 21.4. The second-order valence-corrected chi connectivity index (χ2v) is 10.1. The Hall–Kier alpha value is -3.09. The molecule has 2 saturated heterocycles. The number of aromatic amines is 1. The van der Waals surface area contributed by atoms with Gasteiger partial charge in [-0.3, -0.25) is 14.5 Å². The fourth-order valence-electron chi connectivity index (χ4n) is 4.98. The number of para-hydroxylation sites is 2. The third-order valence-corrected chi connectivity index (χ3v) is 7.66. The summed E-state index contributed by atoms with van der Waals surface area (Å²) in [6.45, 7) is 7.38. The van der Waals surface area contributed by atoms with Crippen molar-refractivity contribution in [3.8, 4) is 5.69 Å². The van der Waals surface area contributed by atoms with Crippen molar-refractivity contribution in [3.05, 3.63) is 58.9 Å². The summed E-state index contributed by atoms with van der Waals surface area (Å²) in [4.78, 5) is 20.2. The van der Waals surface area contributed by atoms with Crippen molar-refractivity contribution >= 4 is 33.9 Å². The fraction of sp³-hybridized carbons (Fsp3) is 0.400. The maximum Gasteiger partial charge on any atom is 0.137 e. The lowest BCUT2D eigenvalue weighted by Crippen LogP contribution is -2.50. The van der Waals surface area contributed by atoms with Crippen LogP contribution in [0, 0.1) is 0 Å². The van der Waals surface area contributed by atoms with Gasteiger partial charge in [0.15, 0.2) is 0 Å². The highest BCUT2D eigenvalue weighted by atomic mass is 32.1. The van der Waals surface area contributed by atoms with Crippen LogP contribution in [0.15, 0.2) is 52.4 Å². The number of nitrogens with one attached hydrogen (secondary N) is 1. The zero-order valence-corrected chi connectivity index (χ0v) is 21.1. The Bertz CT molecular complexity index is 1300. The molecule has 0 spiro atoms. The second-order valence-electron chi connectivity index (χ2n) is 9.36. The number of hydrogen-bond donors (Lipinski definition) is 3. The van der Waals surface area contributed by atoms with E-state index in [0.717, 1.165) is 86.2 Å². The molecule has 3 aromatic heterocycles. The summed E-state index contributed by atoms with van der Waals surface area (Å²) in [5, 5.41) is 9.05. The molecule has 2 aliphatic rings. The predicted molar refractivity (Wildman–Crippen MR) is 144 cm³/mol. The van der Waals surface area contributed by atoms with Crippen LogP contribution in [0.1, 0.15) is 17.9 Å². The number of nitrogen functional groups attached to an aromatic ring is 1. The summed E-state index contributed by atoms with van der Waals surface area (Å²) in [6.07, 6.45) is 2.60. The number of nitrogens with zero attached hydrogens (tertiary/aromatic N) is 7. The number of hydrogen-bond acceptors (Lipinski definition) is 9. The number of nitrogens with two attached hydrogens (primary N) is 2. The number of anilines is 1. The first-order valence-corrected chi connectivity index (χ1v) is 13.4. The van der Waals surface area contributed by atoms with Gasteiger partial charge in [0.2, 0.25) is 0 Å². The van der Waals surface area contributed by atoms with Crippen LogP contribution in [0.4, 0.5) is 5.82 Å². The molecule has 2 atom stereocenters. The van der Waals surface area contributed by atoms with E-state index in [0.29, 0.717) is 18.4 Å². The predicted octanol–water partition coefficient (Wildman–Crippen LogP) is 1.95. The number of aromatic nitrogens is 4. The zero-order chi connectivity index (χ0) is 24.5. The lowest BCUT2D eigenvalue weighted by Gasteiger charge is -2.35. The van der Waals surface area contributed by atoms with Crippen molar-refractivity contribution in [1.29, 1.82) is 0 Å². The lowest BCUT2D eigenvalue weighted by molar-refractivity contribution is 0.0182. The van der Waals surface area contributed by atoms with Crippen molar-refractivity contribution in [2.75, 3.05) is 51.5 Å². The molecule has 4 aromatic rings. The van der Waals surface area contributed by atoms with E-state index in [1.165, 1.54) is 0 Å². The number of benzene rings is 1. The zero-order valence-electron chi connectivity index (χ0n) is 20.3. The standard InChI is InChI=1S/C25H32N10S/c26-6-7-32-8-10-33(11-9-32)35-15-19(35)13-22(24-25(27)34(17-29-24)18-5-12-36-16-18)28-14-23-30-20-3-1-2-4-21(20)31-23/h1-5,12,16-17,19H,6-11,13-15,26-27H2,(H,30,31). The summed E-state index contributed by atoms with van der Waals surface area (Å²) in [5.74, 6) is 1.47. The Kier molecular flexibility index (Phi) is 6.55. The highest BCUT2D eigenvalue weighted by molar-refractivity contribution is 7.08. The van der Waals surface area contributed by atoms with Crippen LogP contribution in [0.5, 0.6) is 0 Å². The van der Waals surface area contributed by atoms with Gasteiger partial charge in [-0.25, -0.2) is 20.0 Å². The van der Waals surface area contributed by atoms with Gasteiger partial charge in [0.05, 0.1) is 29.0 Å². The molecular weight excluding hydrogens is 472 g/mol. The van der Waals surface area contributed by atoms with Crippen LogP contribution in [-0.4, -0.2) is 92.0 Å². The van der Waals surface area contributed by atoms with Crippen molar-refractivity contribution in [3.63, 3.8) is 0 Å². The highest BCUT2D eigenvalue weighted by Crippen LogP contribution is 2.29. The Morgan fingerprint density at radius 1 is 1.17 bits per heavy atom. The van der Waals surface area contributed by atoms with Crippen LogP contribution in [-0.2, 0) is 6.54 Å². The Labute approximate surface area is 214 Å². The van der Waals surface area contributed by atoms with Gasteiger partial charge in [0.25, 0.3) is 0 Å². The second kappa shape index (κ2) is 10.1. The monoisotopic (exact) mass is 504 g/mol. The number of hydrazine groups is 1. The van der Waals surface area contributed by atoms with Gasteiger partial charge in [-0.1, -0.05) is 12.1 Å². The minimum atomic E-state index is 0.408. The third-order valence-electron chi connectivity index (χ3n) is 6.99. The van der Waals surface area contributed by atoms with E-state index in [4.69, 9.17) is 26.4 Å². The van der Waals surface area contributed by atoms with Gasteiger partial charge in [0, 0.05) is 63.7 Å². The molecule has 0 aliphatic carbocycles. The van der Waals surface area contributed by atoms with Crippen LogP contribution in [0.3, 0.4) is 0 Å². The maximum absolute atomic E-state index is 6.60. The number of aliphatic imine (C=N–C) groups is 1. The summed E-state index contributed by atoms with van der Waals surface area (Å²) in [6, 6.07) is 10.5. The minimum Gasteiger partial charge on any atom is -0.383 e.